The minimum absolute atomic E-state index is 0.211. The molecule has 2 spiro atoms. The molecule has 146 heavy (non-hydrogen) atoms. The van der Waals surface area contributed by atoms with Gasteiger partial charge in [0.15, 0.2) is 0 Å². The van der Waals surface area contributed by atoms with Crippen LogP contribution in [0.4, 0.5) is 34.1 Å². The maximum absolute atomic E-state index is 2.61. The lowest BCUT2D eigenvalue weighted by Gasteiger charge is -2.50. The lowest BCUT2D eigenvalue weighted by atomic mass is 9.51. The van der Waals surface area contributed by atoms with E-state index < -0.39 is 27.1 Å². The first kappa shape index (κ1) is 85.9. The van der Waals surface area contributed by atoms with Crippen molar-refractivity contribution in [3.8, 4) is 66.8 Å². The van der Waals surface area contributed by atoms with Gasteiger partial charge in [-0.15, -0.1) is 0 Å². The minimum atomic E-state index is -0.670. The highest BCUT2D eigenvalue weighted by atomic mass is 15.2. The molecule has 0 aromatic heterocycles. The van der Waals surface area contributed by atoms with Crippen molar-refractivity contribution in [1.82, 2.24) is 0 Å². The lowest BCUT2D eigenvalue weighted by molar-refractivity contribution is 0.623. The van der Waals surface area contributed by atoms with Crippen molar-refractivity contribution < 1.29 is 0 Å². The molecule has 0 radical (unpaired) electrons. The monoisotopic (exact) mass is 1860 g/mol. The fraction of sp³-hybridized carbons (Fsp3) is 0.0556. The normalized spacial score (nSPS) is 14.6. The van der Waals surface area contributed by atoms with E-state index in [0.717, 1.165) is 34.1 Å². The molecule has 6 aliphatic rings. The van der Waals surface area contributed by atoms with Crippen LogP contribution in [-0.4, -0.2) is 0 Å². The van der Waals surface area contributed by atoms with Crippen molar-refractivity contribution in [2.24, 2.45) is 0 Å². The van der Waals surface area contributed by atoms with Gasteiger partial charge in [0.1, 0.15) is 0 Å². The van der Waals surface area contributed by atoms with Crippen molar-refractivity contribution in [2.45, 2.75) is 46.3 Å². The Bertz CT molecular complexity index is 8840. The Kier molecular flexibility index (Phi) is 19.9. The standard InChI is InChI=1S/C78H55N.C66H45N/c1-75(2)63-37-18-15-34-58(63)60-48-46-56(50-71(60)75)79(73-45-25-44-70-74(73)62-36-17-20-39-65(62)76(70,52-26-7-3-8-27-52)53-28-9-4-10-29-53)57-47-49-61-59-35-16-19-38-64(59)78(72(61)51-57)68-42-23-21-40-66(68)77(54-30-11-5-12-31-54,55-32-13-6-14-33-55)67-41-22-24-43-69(67)78;1-4-18-46(19-5-1)48-32-38-54(39-33-48)67(56-42-36-47-20-10-11-21-50(47)44-56)55-40-34-49(35-41-55)51-37-43-58-57-26-12-13-27-59(57)66(64(58)45-51)62-30-16-14-28-60(62)65(52-22-6-2-7-23-52,53-24-8-3-9-25-53)61-29-15-17-31-63(61)66/h3-51H,1-2H3;1-45H. The molecule has 0 heterocycles. The quantitative estimate of drug-likeness (QED) is 0.107. The van der Waals surface area contributed by atoms with Crippen LogP contribution in [0.2, 0.25) is 0 Å². The molecule has 2 nitrogen and oxygen atoms in total. The Morgan fingerprint density at radius 3 is 0.822 bits per heavy atom. The van der Waals surface area contributed by atoms with Crippen LogP contribution >= 0.6 is 0 Å². The predicted molar refractivity (Wildman–Crippen MR) is 604 cm³/mol. The van der Waals surface area contributed by atoms with Crippen LogP contribution in [-0.2, 0) is 32.5 Å². The highest BCUT2D eigenvalue weighted by Gasteiger charge is 2.60. The van der Waals surface area contributed by atoms with Gasteiger partial charge in [-0.3, -0.25) is 0 Å². The molecule has 0 unspecified atom stereocenters. The SMILES string of the molecule is CC1(C)c2ccccc2-c2ccc(N(c3ccc4c(c3)C3(c5ccccc5-4)c4ccccc4C(c4ccccc4)(c4ccccc4)c4ccccc43)c3cccc4c3-c3ccccc3C4(c3ccccc3)c3ccccc3)cc21.c1ccc(-c2ccc(N(c3ccc(-c4ccc5c(c4)C4(c6ccccc6-5)c5ccccc5C(c5ccccc5)(c5ccccc5)c5ccccc54)cc3)c3ccc4ccccc4c3)cc2)cc1. The third-order valence-electron chi connectivity index (χ3n) is 33.3. The Morgan fingerprint density at radius 2 is 0.397 bits per heavy atom. The van der Waals surface area contributed by atoms with Crippen molar-refractivity contribution >= 4 is 44.9 Å². The highest BCUT2D eigenvalue weighted by molar-refractivity contribution is 6.01. The molecule has 2 heteroatoms. The van der Waals surface area contributed by atoms with Gasteiger partial charge >= 0.3 is 0 Å². The number of anilines is 6. The summed E-state index contributed by atoms with van der Waals surface area (Å²) in [6.07, 6.45) is 0. The molecular formula is C144H100N2. The summed E-state index contributed by atoms with van der Waals surface area (Å²) in [6.45, 7) is 4.80. The van der Waals surface area contributed by atoms with Crippen LogP contribution in [0.1, 0.15) is 136 Å². The van der Waals surface area contributed by atoms with E-state index in [-0.39, 0.29) is 5.41 Å². The first-order valence-electron chi connectivity index (χ1n) is 51.3. The van der Waals surface area contributed by atoms with Crippen LogP contribution in [0.15, 0.2) is 570 Å². The summed E-state index contributed by atoms with van der Waals surface area (Å²) in [5.41, 5.74) is 47.1. The molecule has 23 aromatic rings. The zero-order valence-electron chi connectivity index (χ0n) is 81.2. The van der Waals surface area contributed by atoms with Crippen molar-refractivity contribution in [3.63, 3.8) is 0 Å². The zero-order valence-corrected chi connectivity index (χ0v) is 81.2. The van der Waals surface area contributed by atoms with Gasteiger partial charge in [-0.05, 0) is 267 Å². The average molecular weight is 1860 g/mol. The molecule has 0 aliphatic heterocycles. The fourth-order valence-electron chi connectivity index (χ4n) is 27.4. The molecule has 0 saturated carbocycles. The number of rotatable bonds is 14. The maximum Gasteiger partial charge on any atom is 0.0720 e. The topological polar surface area (TPSA) is 6.48 Å². The zero-order chi connectivity index (χ0) is 96.9. The molecule has 0 fully saturated rings. The summed E-state index contributed by atoms with van der Waals surface area (Å²) in [5, 5.41) is 2.44. The minimum Gasteiger partial charge on any atom is -0.310 e. The van der Waals surface area contributed by atoms with Gasteiger partial charge in [-0.25, -0.2) is 0 Å². The van der Waals surface area contributed by atoms with Gasteiger partial charge in [0.05, 0.1) is 32.8 Å². The van der Waals surface area contributed by atoms with E-state index in [1.54, 1.807) is 0 Å². The Labute approximate surface area is 854 Å². The van der Waals surface area contributed by atoms with E-state index in [9.17, 15) is 0 Å². The van der Waals surface area contributed by atoms with Crippen molar-refractivity contribution in [3.05, 3.63) is 693 Å². The van der Waals surface area contributed by atoms with Crippen LogP contribution in [0.25, 0.3) is 77.5 Å². The molecule has 0 saturated heterocycles. The smallest absolute Gasteiger partial charge is 0.0720 e. The van der Waals surface area contributed by atoms with E-state index in [1.807, 2.05) is 0 Å². The van der Waals surface area contributed by atoms with E-state index in [0.29, 0.717) is 0 Å². The molecule has 0 atom stereocenters. The summed E-state index contributed by atoms with van der Waals surface area (Å²) in [7, 11) is 0. The van der Waals surface area contributed by atoms with E-state index >= 15 is 0 Å². The van der Waals surface area contributed by atoms with Crippen LogP contribution in [0.3, 0.4) is 0 Å². The summed E-state index contributed by atoms with van der Waals surface area (Å²) in [5.74, 6) is 0. The largest absolute Gasteiger partial charge is 0.310 e. The van der Waals surface area contributed by atoms with Gasteiger partial charge in [0, 0.05) is 39.4 Å². The molecule has 23 aromatic carbocycles. The van der Waals surface area contributed by atoms with Crippen LogP contribution in [0, 0.1) is 0 Å². The second-order valence-electron chi connectivity index (χ2n) is 40.5. The Balaban J connectivity index is 0.000000143. The number of hydrogen-bond donors (Lipinski definition) is 0. The average Bonchev–Trinajstić information content (AvgIpc) is 1.30. The molecule has 0 amide bonds. The summed E-state index contributed by atoms with van der Waals surface area (Å²) in [4.78, 5) is 4.98. The van der Waals surface area contributed by atoms with E-state index in [4.69, 9.17) is 0 Å². The number of fused-ring (bicyclic) bond motifs is 25. The Hall–Kier alpha value is -18.1. The van der Waals surface area contributed by atoms with Gasteiger partial charge < -0.3 is 9.80 Å². The van der Waals surface area contributed by atoms with Crippen molar-refractivity contribution in [1.29, 1.82) is 0 Å². The molecule has 686 valence electrons. The summed E-state index contributed by atoms with van der Waals surface area (Å²) in [6, 6.07) is 214. The van der Waals surface area contributed by atoms with Crippen molar-refractivity contribution in [2.75, 3.05) is 9.80 Å². The molecule has 6 aliphatic carbocycles. The number of hydrogen-bond acceptors (Lipinski definition) is 2. The molecule has 29 rings (SSSR count). The predicted octanol–water partition coefficient (Wildman–Crippen LogP) is 35.6. The van der Waals surface area contributed by atoms with Crippen LogP contribution < -0.4 is 9.80 Å². The first-order valence-corrected chi connectivity index (χ1v) is 51.3. The van der Waals surface area contributed by atoms with Gasteiger partial charge in [0.25, 0.3) is 0 Å². The lowest BCUT2D eigenvalue weighted by Crippen LogP contribution is -2.44. The molecular weight excluding hydrogens is 1760 g/mol. The second kappa shape index (κ2) is 33.8. The van der Waals surface area contributed by atoms with Gasteiger partial charge in [-0.2, -0.15) is 0 Å². The number of benzene rings is 23. The maximum atomic E-state index is 2.61. The second-order valence-corrected chi connectivity index (χ2v) is 40.5. The third-order valence-corrected chi connectivity index (χ3v) is 33.3. The van der Waals surface area contributed by atoms with Crippen LogP contribution in [0.5, 0.6) is 0 Å². The van der Waals surface area contributed by atoms with E-state index in [1.165, 1.54) is 200 Å². The van der Waals surface area contributed by atoms with Gasteiger partial charge in [-0.1, -0.05) is 511 Å². The third kappa shape index (κ3) is 12.3. The van der Waals surface area contributed by atoms with E-state index in [2.05, 4.69) is 594 Å². The van der Waals surface area contributed by atoms with Gasteiger partial charge in [0.2, 0.25) is 0 Å². The Morgan fingerprint density at radius 1 is 0.137 bits per heavy atom. The number of nitrogens with zero attached hydrogens (tertiary/aromatic N) is 2. The highest BCUT2D eigenvalue weighted by Crippen LogP contribution is 2.69. The first-order chi connectivity index (χ1) is 72.2. The summed E-state index contributed by atoms with van der Waals surface area (Å²) < 4.78 is 0. The summed E-state index contributed by atoms with van der Waals surface area (Å²) >= 11 is 0. The molecule has 0 N–H and O–H groups in total. The fourth-order valence-corrected chi connectivity index (χ4v) is 27.4. The molecule has 0 bridgehead atoms.